The Morgan fingerprint density at radius 2 is 1.77 bits per heavy atom. The summed E-state index contributed by atoms with van der Waals surface area (Å²) in [5, 5.41) is 8.88. The molecule has 0 fully saturated rings. The molecule has 6 nitrogen and oxygen atoms in total. The van der Waals surface area contributed by atoms with E-state index in [0.29, 0.717) is 24.0 Å². The molecule has 0 bridgehead atoms. The number of aliphatic carboxylic acids is 1. The number of carbonyl (C=O) groups excluding carboxylic acids is 1. The van der Waals surface area contributed by atoms with Crippen molar-refractivity contribution in [2.75, 3.05) is 20.3 Å². The van der Waals surface area contributed by atoms with Crippen LogP contribution in [0.3, 0.4) is 0 Å². The quantitative estimate of drug-likeness (QED) is 0.795. The van der Waals surface area contributed by atoms with Crippen molar-refractivity contribution in [3.8, 4) is 11.5 Å². The Kier molecular flexibility index (Phi) is 6.69. The van der Waals surface area contributed by atoms with Crippen molar-refractivity contribution in [1.82, 2.24) is 4.90 Å². The lowest BCUT2D eigenvalue weighted by atomic mass is 10.2. The number of amides is 1. The average Bonchev–Trinajstić information content (AvgIpc) is 2.49. The number of carboxylic acid groups (broad SMARTS) is 1. The number of carbonyl (C=O) groups is 2. The topological polar surface area (TPSA) is 76.1 Å². The average molecular weight is 309 g/mol. The Bertz CT molecular complexity index is 515. The molecule has 1 N–H and O–H groups in total. The predicted octanol–water partition coefficient (Wildman–Crippen LogP) is 2.03. The summed E-state index contributed by atoms with van der Waals surface area (Å²) in [5.41, 5.74) is 0. The van der Waals surface area contributed by atoms with Gasteiger partial charge in [0.2, 0.25) is 0 Å². The van der Waals surface area contributed by atoms with E-state index >= 15 is 0 Å². The number of hydrogen-bond donors (Lipinski definition) is 1. The number of likely N-dealkylation sites (N-methyl/N-ethyl adjacent to an activating group) is 1. The first kappa shape index (κ1) is 17.8. The zero-order valence-electron chi connectivity index (χ0n) is 13.4. The normalized spacial score (nSPS) is 11.9. The first-order valence-corrected chi connectivity index (χ1v) is 7.15. The van der Waals surface area contributed by atoms with Crippen molar-refractivity contribution < 1.29 is 24.2 Å². The Morgan fingerprint density at radius 1 is 1.18 bits per heavy atom. The van der Waals surface area contributed by atoms with Gasteiger partial charge in [0, 0.05) is 13.1 Å². The Hall–Kier alpha value is -2.24. The van der Waals surface area contributed by atoms with Crippen molar-refractivity contribution in [3.05, 3.63) is 24.3 Å². The lowest BCUT2D eigenvalue weighted by Crippen LogP contribution is -2.42. The number of rotatable bonds is 8. The number of carboxylic acids is 1. The molecule has 0 aliphatic carbocycles. The van der Waals surface area contributed by atoms with E-state index in [-0.39, 0.29) is 6.61 Å². The highest BCUT2D eigenvalue weighted by Crippen LogP contribution is 2.20. The molecular weight excluding hydrogens is 286 g/mol. The maximum atomic E-state index is 11.9. The summed E-state index contributed by atoms with van der Waals surface area (Å²) in [6.45, 7) is 5.93. The summed E-state index contributed by atoms with van der Waals surface area (Å²) in [6.07, 6.45) is 0. The smallest absolute Gasteiger partial charge is 0.326 e. The van der Waals surface area contributed by atoms with Crippen LogP contribution in [0.5, 0.6) is 11.5 Å². The molecule has 1 aromatic carbocycles. The maximum Gasteiger partial charge on any atom is 0.326 e. The highest BCUT2D eigenvalue weighted by atomic mass is 16.5. The standard InChI is InChI=1S/C16H23NO5/c1-11(2)9-21-13-6-5-7-14(8-13)22-10-15(18)17(4)12(3)16(19)20/h5-8,11-12H,9-10H2,1-4H3,(H,19,20). The molecule has 0 saturated heterocycles. The third-order valence-electron chi connectivity index (χ3n) is 3.08. The van der Waals surface area contributed by atoms with Gasteiger partial charge in [0.05, 0.1) is 6.61 Å². The Balaban J connectivity index is 2.55. The summed E-state index contributed by atoms with van der Waals surface area (Å²) in [6, 6.07) is 6.12. The number of ether oxygens (including phenoxy) is 2. The molecule has 122 valence electrons. The van der Waals surface area contributed by atoms with E-state index in [0.717, 1.165) is 4.90 Å². The monoisotopic (exact) mass is 309 g/mol. The minimum atomic E-state index is -1.06. The second-order valence-corrected chi connectivity index (χ2v) is 5.49. The van der Waals surface area contributed by atoms with Crippen LogP contribution in [0.4, 0.5) is 0 Å². The minimum absolute atomic E-state index is 0.220. The fourth-order valence-electron chi connectivity index (χ4n) is 1.55. The van der Waals surface area contributed by atoms with Crippen molar-refractivity contribution >= 4 is 11.9 Å². The summed E-state index contributed by atoms with van der Waals surface area (Å²) in [5.74, 6) is 0.137. The fourth-order valence-corrected chi connectivity index (χ4v) is 1.55. The van der Waals surface area contributed by atoms with Gasteiger partial charge in [-0.15, -0.1) is 0 Å². The van der Waals surface area contributed by atoms with Crippen LogP contribution in [0, 0.1) is 5.92 Å². The van der Waals surface area contributed by atoms with Crippen LogP contribution in [0.25, 0.3) is 0 Å². The molecule has 1 amide bonds. The molecule has 1 aromatic rings. The number of nitrogens with zero attached hydrogens (tertiary/aromatic N) is 1. The molecule has 6 heteroatoms. The molecule has 0 heterocycles. The van der Waals surface area contributed by atoms with Gasteiger partial charge in [0.25, 0.3) is 5.91 Å². The van der Waals surface area contributed by atoms with E-state index in [1.54, 1.807) is 18.2 Å². The molecule has 0 saturated carbocycles. The van der Waals surface area contributed by atoms with Crippen LogP contribution in [-0.4, -0.2) is 48.2 Å². The zero-order valence-corrected chi connectivity index (χ0v) is 13.4. The zero-order chi connectivity index (χ0) is 16.7. The SMILES string of the molecule is CC(C)COc1cccc(OCC(=O)N(C)C(C)C(=O)O)c1. The lowest BCUT2D eigenvalue weighted by Gasteiger charge is -2.21. The van der Waals surface area contributed by atoms with E-state index in [2.05, 4.69) is 13.8 Å². The van der Waals surface area contributed by atoms with Gasteiger partial charge in [0.15, 0.2) is 6.61 Å². The molecule has 1 atom stereocenters. The van der Waals surface area contributed by atoms with Crippen LogP contribution in [-0.2, 0) is 9.59 Å². The molecule has 1 rings (SSSR count). The van der Waals surface area contributed by atoms with Gasteiger partial charge in [0.1, 0.15) is 17.5 Å². The van der Waals surface area contributed by atoms with Gasteiger partial charge in [-0.1, -0.05) is 19.9 Å². The third-order valence-corrected chi connectivity index (χ3v) is 3.08. The highest BCUT2D eigenvalue weighted by Gasteiger charge is 2.21. The second-order valence-electron chi connectivity index (χ2n) is 5.49. The summed E-state index contributed by atoms with van der Waals surface area (Å²) in [4.78, 5) is 23.8. The van der Waals surface area contributed by atoms with Gasteiger partial charge in [-0.25, -0.2) is 4.79 Å². The predicted molar refractivity (Wildman–Crippen MR) is 82.1 cm³/mol. The maximum absolute atomic E-state index is 11.9. The van der Waals surface area contributed by atoms with E-state index in [1.165, 1.54) is 14.0 Å². The molecule has 0 aliphatic heterocycles. The van der Waals surface area contributed by atoms with Gasteiger partial charge >= 0.3 is 5.97 Å². The van der Waals surface area contributed by atoms with Crippen LogP contribution >= 0.6 is 0 Å². The van der Waals surface area contributed by atoms with E-state index in [1.807, 2.05) is 6.07 Å². The van der Waals surface area contributed by atoms with Crippen LogP contribution in [0.2, 0.25) is 0 Å². The second kappa shape index (κ2) is 8.26. The lowest BCUT2D eigenvalue weighted by molar-refractivity contribution is -0.148. The summed E-state index contributed by atoms with van der Waals surface area (Å²) < 4.78 is 11.0. The fraction of sp³-hybridized carbons (Fsp3) is 0.500. The summed E-state index contributed by atoms with van der Waals surface area (Å²) >= 11 is 0. The van der Waals surface area contributed by atoms with Crippen molar-refractivity contribution in [2.45, 2.75) is 26.8 Å². The van der Waals surface area contributed by atoms with Crippen molar-refractivity contribution in [1.29, 1.82) is 0 Å². The molecular formula is C16H23NO5. The molecule has 22 heavy (non-hydrogen) atoms. The van der Waals surface area contributed by atoms with Crippen LogP contribution in [0.1, 0.15) is 20.8 Å². The van der Waals surface area contributed by atoms with Gasteiger partial charge in [-0.2, -0.15) is 0 Å². The van der Waals surface area contributed by atoms with E-state index in [4.69, 9.17) is 14.6 Å². The van der Waals surface area contributed by atoms with Crippen LogP contribution in [0.15, 0.2) is 24.3 Å². The van der Waals surface area contributed by atoms with Crippen molar-refractivity contribution in [3.63, 3.8) is 0 Å². The molecule has 0 aliphatic rings. The molecule has 0 spiro atoms. The Morgan fingerprint density at radius 3 is 2.32 bits per heavy atom. The van der Waals surface area contributed by atoms with E-state index < -0.39 is 17.9 Å². The van der Waals surface area contributed by atoms with Crippen molar-refractivity contribution in [2.24, 2.45) is 5.92 Å². The highest BCUT2D eigenvalue weighted by molar-refractivity contribution is 5.84. The Labute approximate surface area is 130 Å². The third kappa shape index (κ3) is 5.63. The number of benzene rings is 1. The van der Waals surface area contributed by atoms with E-state index in [9.17, 15) is 9.59 Å². The largest absolute Gasteiger partial charge is 0.493 e. The molecule has 0 radical (unpaired) electrons. The van der Waals surface area contributed by atoms with Gasteiger partial charge in [-0.05, 0) is 25.0 Å². The molecule has 0 aromatic heterocycles. The molecule has 1 unspecified atom stereocenters. The van der Waals surface area contributed by atoms with Gasteiger partial charge < -0.3 is 19.5 Å². The minimum Gasteiger partial charge on any atom is -0.493 e. The summed E-state index contributed by atoms with van der Waals surface area (Å²) in [7, 11) is 1.44. The first-order chi connectivity index (χ1) is 10.3. The first-order valence-electron chi connectivity index (χ1n) is 7.15. The van der Waals surface area contributed by atoms with Crippen LogP contribution < -0.4 is 9.47 Å². The van der Waals surface area contributed by atoms with Gasteiger partial charge in [-0.3, -0.25) is 4.79 Å². The number of hydrogen-bond acceptors (Lipinski definition) is 4.